The van der Waals surface area contributed by atoms with Crippen LogP contribution in [0.5, 0.6) is 11.5 Å². The summed E-state index contributed by atoms with van der Waals surface area (Å²) in [6.07, 6.45) is 2.70. The van der Waals surface area contributed by atoms with Crippen LogP contribution in [0.25, 0.3) is 0 Å². The molecule has 0 amide bonds. The Morgan fingerprint density at radius 3 is 2.69 bits per heavy atom. The number of hydrogen-bond acceptors (Lipinski definition) is 3. The van der Waals surface area contributed by atoms with Gasteiger partial charge in [-0.2, -0.15) is 0 Å². The van der Waals surface area contributed by atoms with Crippen molar-refractivity contribution in [3.8, 4) is 11.5 Å². The molecule has 0 aliphatic heterocycles. The molecule has 0 unspecified atom stereocenters. The molecule has 1 rings (SSSR count). The second-order valence-electron chi connectivity index (χ2n) is 3.78. The number of halogens is 1. The minimum atomic E-state index is 0.157. The fourth-order valence-corrected chi connectivity index (χ4v) is 2.07. The van der Waals surface area contributed by atoms with E-state index in [-0.39, 0.29) is 5.75 Å². The molecule has 4 heteroatoms. The maximum absolute atomic E-state index is 10.0. The second kappa shape index (κ2) is 5.97. The van der Waals surface area contributed by atoms with E-state index in [1.165, 1.54) is 7.11 Å². The van der Waals surface area contributed by atoms with Crippen LogP contribution in [0.15, 0.2) is 6.07 Å². The van der Waals surface area contributed by atoms with Crippen molar-refractivity contribution in [2.24, 2.45) is 5.73 Å². The van der Waals surface area contributed by atoms with E-state index in [2.05, 4.69) is 0 Å². The monoisotopic (exact) mass is 243 g/mol. The maximum atomic E-state index is 10.0. The van der Waals surface area contributed by atoms with E-state index in [0.29, 0.717) is 17.3 Å². The van der Waals surface area contributed by atoms with Gasteiger partial charge in [-0.25, -0.2) is 0 Å². The Kier molecular flexibility index (Phi) is 4.90. The van der Waals surface area contributed by atoms with Crippen molar-refractivity contribution in [3.63, 3.8) is 0 Å². The third-order valence-electron chi connectivity index (χ3n) is 2.62. The highest BCUT2D eigenvalue weighted by Crippen LogP contribution is 2.39. The standard InChI is InChI=1S/C12H18ClNO2/c1-8-7-10(13)12(16-2)11(15)9(8)5-3-4-6-14/h7,15H,3-6,14H2,1-2H3. The number of benzene rings is 1. The van der Waals surface area contributed by atoms with Crippen LogP contribution in [-0.2, 0) is 6.42 Å². The first kappa shape index (κ1) is 13.1. The number of nitrogens with two attached hydrogens (primary N) is 1. The van der Waals surface area contributed by atoms with Crippen LogP contribution < -0.4 is 10.5 Å². The molecule has 0 spiro atoms. The summed E-state index contributed by atoms with van der Waals surface area (Å²) in [6, 6.07) is 1.82. The molecule has 0 atom stereocenters. The van der Waals surface area contributed by atoms with Gasteiger partial charge in [-0.15, -0.1) is 0 Å². The van der Waals surface area contributed by atoms with Gasteiger partial charge >= 0.3 is 0 Å². The topological polar surface area (TPSA) is 55.5 Å². The number of unbranched alkanes of at least 4 members (excludes halogenated alkanes) is 1. The van der Waals surface area contributed by atoms with Gasteiger partial charge in [0.1, 0.15) is 0 Å². The van der Waals surface area contributed by atoms with Gasteiger partial charge in [0.25, 0.3) is 0 Å². The molecule has 1 aromatic rings. The average Bonchev–Trinajstić information content (AvgIpc) is 2.23. The minimum absolute atomic E-state index is 0.157. The van der Waals surface area contributed by atoms with Crippen LogP contribution in [0.3, 0.4) is 0 Å². The van der Waals surface area contributed by atoms with Gasteiger partial charge in [-0.1, -0.05) is 11.6 Å². The predicted octanol–water partition coefficient (Wildman–Crippen LogP) is 2.64. The van der Waals surface area contributed by atoms with Gasteiger partial charge in [-0.3, -0.25) is 0 Å². The van der Waals surface area contributed by atoms with Gasteiger partial charge in [0, 0.05) is 5.56 Å². The van der Waals surface area contributed by atoms with Gasteiger partial charge in [0.05, 0.1) is 12.1 Å². The molecule has 16 heavy (non-hydrogen) atoms. The van der Waals surface area contributed by atoms with Crippen molar-refractivity contribution in [1.82, 2.24) is 0 Å². The molecule has 3 N–H and O–H groups in total. The fourth-order valence-electron chi connectivity index (χ4n) is 1.74. The Bertz CT molecular complexity index is 367. The number of rotatable bonds is 5. The van der Waals surface area contributed by atoms with E-state index in [0.717, 1.165) is 30.4 Å². The van der Waals surface area contributed by atoms with Gasteiger partial charge in [0.15, 0.2) is 11.5 Å². The van der Waals surface area contributed by atoms with Crippen molar-refractivity contribution in [1.29, 1.82) is 0 Å². The Hall–Kier alpha value is -0.930. The predicted molar refractivity (Wildman–Crippen MR) is 66.4 cm³/mol. The van der Waals surface area contributed by atoms with Crippen LogP contribution in [0.4, 0.5) is 0 Å². The first-order valence-electron chi connectivity index (χ1n) is 5.36. The smallest absolute Gasteiger partial charge is 0.179 e. The molecule has 0 aromatic heterocycles. The summed E-state index contributed by atoms with van der Waals surface area (Å²) in [5.41, 5.74) is 7.32. The molecular weight excluding hydrogens is 226 g/mol. The summed E-state index contributed by atoms with van der Waals surface area (Å²) in [5.74, 6) is 0.513. The highest BCUT2D eigenvalue weighted by atomic mass is 35.5. The largest absolute Gasteiger partial charge is 0.504 e. The van der Waals surface area contributed by atoms with Gasteiger partial charge in [-0.05, 0) is 44.4 Å². The lowest BCUT2D eigenvalue weighted by atomic mass is 10.0. The molecule has 0 aliphatic rings. The van der Waals surface area contributed by atoms with Crippen molar-refractivity contribution >= 4 is 11.6 Å². The SMILES string of the molecule is COc1c(Cl)cc(C)c(CCCCN)c1O. The summed E-state index contributed by atoms with van der Waals surface area (Å²) >= 11 is 5.96. The molecule has 0 fully saturated rings. The molecule has 0 heterocycles. The zero-order valence-electron chi connectivity index (χ0n) is 9.72. The Morgan fingerprint density at radius 2 is 2.12 bits per heavy atom. The first-order valence-corrected chi connectivity index (χ1v) is 5.74. The van der Waals surface area contributed by atoms with Crippen LogP contribution in [0.1, 0.15) is 24.0 Å². The third-order valence-corrected chi connectivity index (χ3v) is 2.90. The maximum Gasteiger partial charge on any atom is 0.179 e. The zero-order valence-corrected chi connectivity index (χ0v) is 10.5. The number of hydrogen-bond donors (Lipinski definition) is 2. The quantitative estimate of drug-likeness (QED) is 0.782. The van der Waals surface area contributed by atoms with E-state index in [1.54, 1.807) is 0 Å². The molecule has 0 saturated carbocycles. The number of methoxy groups -OCH3 is 1. The fraction of sp³-hybridized carbons (Fsp3) is 0.500. The zero-order chi connectivity index (χ0) is 12.1. The van der Waals surface area contributed by atoms with Crippen molar-refractivity contribution in [2.75, 3.05) is 13.7 Å². The van der Waals surface area contributed by atoms with E-state index in [4.69, 9.17) is 22.1 Å². The number of aromatic hydroxyl groups is 1. The number of phenolic OH excluding ortho intramolecular Hbond substituents is 1. The second-order valence-corrected chi connectivity index (χ2v) is 4.19. The first-order chi connectivity index (χ1) is 7.61. The van der Waals surface area contributed by atoms with Crippen LogP contribution in [0, 0.1) is 6.92 Å². The van der Waals surface area contributed by atoms with Crippen molar-refractivity contribution < 1.29 is 9.84 Å². The summed E-state index contributed by atoms with van der Waals surface area (Å²) in [4.78, 5) is 0. The molecular formula is C12H18ClNO2. The van der Waals surface area contributed by atoms with E-state index in [1.807, 2.05) is 13.0 Å². The normalized spacial score (nSPS) is 10.5. The van der Waals surface area contributed by atoms with Gasteiger partial charge < -0.3 is 15.6 Å². The highest BCUT2D eigenvalue weighted by molar-refractivity contribution is 6.32. The molecule has 1 aromatic carbocycles. The van der Waals surface area contributed by atoms with E-state index >= 15 is 0 Å². The number of aryl methyl sites for hydroxylation is 1. The van der Waals surface area contributed by atoms with Gasteiger partial charge in [0.2, 0.25) is 0 Å². The molecule has 0 bridgehead atoms. The number of phenols is 1. The van der Waals surface area contributed by atoms with Crippen LogP contribution in [-0.4, -0.2) is 18.8 Å². The lowest BCUT2D eigenvalue weighted by Crippen LogP contribution is -2.00. The summed E-state index contributed by atoms with van der Waals surface area (Å²) < 4.78 is 5.07. The Morgan fingerprint density at radius 1 is 1.44 bits per heavy atom. The number of ether oxygens (including phenoxy) is 1. The van der Waals surface area contributed by atoms with E-state index in [9.17, 15) is 5.11 Å². The molecule has 0 aliphatic carbocycles. The molecule has 0 saturated heterocycles. The third kappa shape index (κ3) is 2.80. The lowest BCUT2D eigenvalue weighted by Gasteiger charge is -2.13. The molecule has 90 valence electrons. The summed E-state index contributed by atoms with van der Waals surface area (Å²) in [6.45, 7) is 2.60. The average molecular weight is 244 g/mol. The minimum Gasteiger partial charge on any atom is -0.504 e. The summed E-state index contributed by atoms with van der Waals surface area (Å²) in [7, 11) is 1.50. The Labute approximate surface area is 101 Å². The van der Waals surface area contributed by atoms with E-state index < -0.39 is 0 Å². The highest BCUT2D eigenvalue weighted by Gasteiger charge is 2.14. The van der Waals surface area contributed by atoms with Crippen molar-refractivity contribution in [3.05, 3.63) is 22.2 Å². The molecule has 0 radical (unpaired) electrons. The summed E-state index contributed by atoms with van der Waals surface area (Å²) in [5, 5.41) is 10.5. The lowest BCUT2D eigenvalue weighted by molar-refractivity contribution is 0.370. The Balaban J connectivity index is 2.98. The van der Waals surface area contributed by atoms with Crippen LogP contribution >= 0.6 is 11.6 Å². The van der Waals surface area contributed by atoms with Crippen molar-refractivity contribution in [2.45, 2.75) is 26.2 Å². The van der Waals surface area contributed by atoms with Crippen LogP contribution in [0.2, 0.25) is 5.02 Å². The molecule has 3 nitrogen and oxygen atoms in total.